The van der Waals surface area contributed by atoms with E-state index in [1.807, 2.05) is 30.4 Å². The van der Waals surface area contributed by atoms with Crippen molar-refractivity contribution >= 4 is 23.6 Å². The lowest BCUT2D eigenvalue weighted by Gasteiger charge is -2.63. The number of allylic oxidation sites excluding steroid dienone is 1. The van der Waals surface area contributed by atoms with Gasteiger partial charge in [-0.2, -0.15) is 5.10 Å². The minimum Gasteiger partial charge on any atom is -0.481 e. The zero-order valence-electron chi connectivity index (χ0n) is 21.0. The second-order valence-corrected chi connectivity index (χ2v) is 10.3. The number of aliphatic hydroxyl groups is 1. The van der Waals surface area contributed by atoms with E-state index in [1.165, 1.54) is 0 Å². The number of quaternary nitrogens is 1. The van der Waals surface area contributed by atoms with E-state index < -0.39 is 34.9 Å². The Morgan fingerprint density at radius 1 is 1.32 bits per heavy atom. The maximum Gasteiger partial charge on any atom is 0.320 e. The first-order valence-electron chi connectivity index (χ1n) is 12.1. The molecule has 9 N–H and O–H groups in total. The van der Waals surface area contributed by atoms with Crippen molar-refractivity contribution < 1.29 is 34.2 Å². The number of hydrazone groups is 1. The first-order chi connectivity index (χ1) is 17.3. The van der Waals surface area contributed by atoms with E-state index in [2.05, 4.69) is 18.7 Å². The van der Waals surface area contributed by atoms with Crippen molar-refractivity contribution in [2.75, 3.05) is 20.1 Å². The molecule has 11 heteroatoms. The van der Waals surface area contributed by atoms with Crippen LogP contribution < -0.4 is 17.3 Å². The third-order valence-electron chi connectivity index (χ3n) is 8.11. The van der Waals surface area contributed by atoms with Gasteiger partial charge in [-0.3, -0.25) is 14.4 Å². The number of piperidine rings is 1. The van der Waals surface area contributed by atoms with Gasteiger partial charge in [-0.25, -0.2) is 0 Å². The molecule has 11 nitrogen and oxygen atoms in total. The predicted molar refractivity (Wildman–Crippen MR) is 138 cm³/mol. The molecule has 1 aromatic carbocycles. The Bertz CT molecular complexity index is 1170. The summed E-state index contributed by atoms with van der Waals surface area (Å²) in [6.07, 6.45) is 7.48. The molecule has 1 amide bonds. The lowest BCUT2D eigenvalue weighted by Crippen LogP contribution is -2.77. The van der Waals surface area contributed by atoms with E-state index in [0.717, 1.165) is 47.3 Å². The molecule has 2 aliphatic carbocycles. The minimum atomic E-state index is -1.17. The summed E-state index contributed by atoms with van der Waals surface area (Å²) in [4.78, 5) is 31.7. The molecule has 0 radical (unpaired) electrons. The summed E-state index contributed by atoms with van der Waals surface area (Å²) in [5.41, 5.74) is 12.3. The zero-order valence-corrected chi connectivity index (χ0v) is 21.0. The number of carbonyl (C=O) groups is 3. The first kappa shape index (κ1) is 28.0. The van der Waals surface area contributed by atoms with Crippen LogP contribution in [0.25, 0.3) is 0 Å². The van der Waals surface area contributed by atoms with Gasteiger partial charge in [0.25, 0.3) is 0 Å². The fraction of sp³-hybridized carbons (Fsp3) is 0.462. The highest BCUT2D eigenvalue weighted by Gasteiger charge is 2.67. The standard InChI is InChI=1S/C21H26N4O2.C5H9NO4/c1-3-9-25(2)10-8-20-13-16(24-23)6-7-21(20,27)18(25)12-14-4-5-15(19(22)26)11-17(14)20;6-3(5(9)10)1-2-4(7)8/h3-7,11,18,27H,1,8-10,12-13,23H2,2H3,(H-,22,26);3H,1-2,6H2,(H,7,8)(H,9,10)/p+1/b24-16-;/t18-,20-,21-,25?;/m1./s1. The van der Waals surface area contributed by atoms with Crippen molar-refractivity contribution in [1.82, 2.24) is 0 Å². The number of carboxylic acids is 2. The minimum absolute atomic E-state index is 0.00764. The number of fused-ring (bicyclic) bond motifs is 1. The van der Waals surface area contributed by atoms with E-state index in [0.29, 0.717) is 12.0 Å². The largest absolute Gasteiger partial charge is 0.481 e. The predicted octanol–water partition coefficient (Wildman–Crippen LogP) is 0.253. The first-order valence-corrected chi connectivity index (χ1v) is 12.1. The highest BCUT2D eigenvalue weighted by atomic mass is 16.4. The second-order valence-electron chi connectivity index (χ2n) is 10.3. The summed E-state index contributed by atoms with van der Waals surface area (Å²) in [5.74, 6) is 2.94. The molecule has 3 aliphatic rings. The van der Waals surface area contributed by atoms with Crippen molar-refractivity contribution in [1.29, 1.82) is 0 Å². The lowest BCUT2D eigenvalue weighted by molar-refractivity contribution is -0.942. The molecule has 4 rings (SSSR count). The summed E-state index contributed by atoms with van der Waals surface area (Å²) < 4.78 is 0.734. The van der Waals surface area contributed by atoms with Crippen LogP contribution in [0.2, 0.25) is 0 Å². The molecule has 1 fully saturated rings. The number of rotatable bonds is 7. The third kappa shape index (κ3) is 5.02. The number of primary amides is 1. The maximum atomic E-state index is 12.1. The SMILES string of the molecule is C=CC[N+]1(C)CC[C@]23C/C(=N\N)C=C[C@@]2(O)[C@H]1Cc1ccc(C(N)=O)cc13.NC(CCC(=O)O)C(=O)O. The summed E-state index contributed by atoms with van der Waals surface area (Å²) >= 11 is 0. The van der Waals surface area contributed by atoms with Crippen LogP contribution in [0.3, 0.4) is 0 Å². The summed E-state index contributed by atoms with van der Waals surface area (Å²) in [6.45, 7) is 5.63. The third-order valence-corrected chi connectivity index (χ3v) is 8.11. The van der Waals surface area contributed by atoms with Gasteiger partial charge in [-0.1, -0.05) is 12.6 Å². The lowest BCUT2D eigenvalue weighted by atomic mass is 9.50. The van der Waals surface area contributed by atoms with Crippen LogP contribution in [-0.2, 0) is 21.4 Å². The van der Waals surface area contributed by atoms with Crippen LogP contribution in [0, 0.1) is 0 Å². The molecule has 37 heavy (non-hydrogen) atoms. The van der Waals surface area contributed by atoms with E-state index >= 15 is 0 Å². The number of aliphatic carboxylic acids is 2. The normalized spacial score (nSPS) is 31.2. The molecule has 0 aromatic heterocycles. The molecular formula is C26H36N5O6+. The number of likely N-dealkylation sites (tertiary alicyclic amines) is 1. The summed E-state index contributed by atoms with van der Waals surface area (Å²) in [6, 6.07) is 4.58. The summed E-state index contributed by atoms with van der Waals surface area (Å²) in [5, 5.41) is 32.3. The van der Waals surface area contributed by atoms with E-state index in [9.17, 15) is 19.5 Å². The molecule has 5 atom stereocenters. The fourth-order valence-electron chi connectivity index (χ4n) is 6.08. The Kier molecular flexibility index (Phi) is 7.91. The van der Waals surface area contributed by atoms with Crippen LogP contribution in [0.5, 0.6) is 0 Å². The molecule has 1 heterocycles. The van der Waals surface area contributed by atoms with Gasteiger partial charge in [0.1, 0.15) is 17.7 Å². The number of likely N-dealkylation sites (N-methyl/N-ethyl adjacent to an activating group) is 1. The van der Waals surface area contributed by atoms with Gasteiger partial charge in [0, 0.05) is 36.7 Å². The van der Waals surface area contributed by atoms with Crippen LogP contribution in [0.1, 0.15) is 47.2 Å². The van der Waals surface area contributed by atoms with Gasteiger partial charge in [-0.15, -0.1) is 0 Å². The molecule has 200 valence electrons. The zero-order chi connectivity index (χ0) is 27.6. The van der Waals surface area contributed by atoms with Gasteiger partial charge in [-0.05, 0) is 47.9 Å². The van der Waals surface area contributed by atoms with Crippen molar-refractivity contribution in [2.45, 2.75) is 55.2 Å². The molecule has 0 saturated carbocycles. The van der Waals surface area contributed by atoms with Crippen LogP contribution >= 0.6 is 0 Å². The average molecular weight is 515 g/mol. The Balaban J connectivity index is 0.000000325. The van der Waals surface area contributed by atoms with Crippen molar-refractivity contribution in [3.05, 3.63) is 59.7 Å². The van der Waals surface area contributed by atoms with Gasteiger partial charge >= 0.3 is 11.9 Å². The Labute approximate surface area is 215 Å². The summed E-state index contributed by atoms with van der Waals surface area (Å²) in [7, 11) is 2.19. The molecule has 0 spiro atoms. The van der Waals surface area contributed by atoms with E-state index in [4.69, 9.17) is 27.5 Å². The number of hydrogen-bond donors (Lipinski definition) is 6. The van der Waals surface area contributed by atoms with Gasteiger partial charge in [0.05, 0.1) is 25.8 Å². The van der Waals surface area contributed by atoms with Crippen molar-refractivity contribution in [3.8, 4) is 0 Å². The maximum absolute atomic E-state index is 12.1. The Morgan fingerprint density at radius 3 is 2.59 bits per heavy atom. The fourth-order valence-corrected chi connectivity index (χ4v) is 6.08. The topological polar surface area (TPSA) is 202 Å². The Morgan fingerprint density at radius 2 is 2.03 bits per heavy atom. The quantitative estimate of drug-likeness (QED) is 0.129. The van der Waals surface area contributed by atoms with Crippen molar-refractivity contribution in [3.63, 3.8) is 0 Å². The monoisotopic (exact) mass is 514 g/mol. The number of hydrogen-bond acceptors (Lipinski definition) is 7. The van der Waals surface area contributed by atoms with Crippen LogP contribution in [0.15, 0.2) is 48.1 Å². The molecule has 1 aromatic rings. The highest BCUT2D eigenvalue weighted by Crippen LogP contribution is 2.57. The molecule has 1 saturated heterocycles. The number of nitrogens with two attached hydrogens (primary N) is 3. The number of amides is 1. The number of carbonyl (C=O) groups excluding carboxylic acids is 1. The Hall–Kier alpha value is -3.54. The van der Waals surface area contributed by atoms with Crippen LogP contribution in [-0.4, -0.2) is 81.2 Å². The van der Waals surface area contributed by atoms with Gasteiger partial charge < -0.3 is 37.1 Å². The van der Waals surface area contributed by atoms with Gasteiger partial charge in [0.15, 0.2) is 0 Å². The van der Waals surface area contributed by atoms with E-state index in [1.54, 1.807) is 6.07 Å². The molecule has 2 unspecified atom stereocenters. The highest BCUT2D eigenvalue weighted by molar-refractivity contribution is 5.98. The molecule has 1 aliphatic heterocycles. The van der Waals surface area contributed by atoms with Crippen LogP contribution in [0.4, 0.5) is 0 Å². The second kappa shape index (κ2) is 10.4. The molecule has 2 bridgehead atoms. The van der Waals surface area contributed by atoms with Gasteiger partial charge in [0.2, 0.25) is 5.91 Å². The number of nitrogens with zero attached hydrogens (tertiary/aromatic N) is 2. The smallest absolute Gasteiger partial charge is 0.320 e. The number of carboxylic acid groups (broad SMARTS) is 2. The van der Waals surface area contributed by atoms with E-state index in [-0.39, 0.29) is 18.9 Å². The van der Waals surface area contributed by atoms with Crippen molar-refractivity contribution in [2.24, 2.45) is 22.4 Å². The molecular weight excluding hydrogens is 478 g/mol. The average Bonchev–Trinajstić information content (AvgIpc) is 2.85. The number of benzene rings is 1.